The fourth-order valence-electron chi connectivity index (χ4n) is 7.22. The Morgan fingerprint density at radius 1 is 0.628 bits per heavy atom. The summed E-state index contributed by atoms with van der Waals surface area (Å²) in [4.78, 5) is 3.50. The number of rotatable bonds is 0. The average molecular weight is 794 g/mol. The van der Waals surface area contributed by atoms with Crippen LogP contribution in [0.1, 0.15) is 47.1 Å². The topological polar surface area (TPSA) is 75.9 Å². The highest BCUT2D eigenvalue weighted by Crippen LogP contribution is 2.43. The van der Waals surface area contributed by atoms with Crippen molar-refractivity contribution in [1.29, 1.82) is 0 Å². The first-order valence-electron chi connectivity index (χ1n) is 15.1. The van der Waals surface area contributed by atoms with E-state index >= 15 is 0 Å². The van der Waals surface area contributed by atoms with E-state index in [9.17, 15) is 0 Å². The van der Waals surface area contributed by atoms with E-state index in [2.05, 4.69) is 134 Å². The molecule has 2 fully saturated rings. The zero-order chi connectivity index (χ0) is 28.6. The van der Waals surface area contributed by atoms with E-state index in [0.717, 1.165) is 50.2 Å². The molecule has 5 aliphatic heterocycles. The summed E-state index contributed by atoms with van der Waals surface area (Å²) in [6.45, 7) is 6.57. The molecular weight excluding hydrogens is 756 g/mol. The average Bonchev–Trinajstić information content (AvgIpc) is 3.72. The quantitative estimate of drug-likeness (QED) is 0.111. The van der Waals surface area contributed by atoms with Gasteiger partial charge in [0.1, 0.15) is 0 Å². The molecule has 4 atom stereocenters. The molecule has 6 nitrogen and oxygen atoms in total. The zero-order valence-corrected chi connectivity index (χ0v) is 29.5. The number of hydrogen-bond acceptors (Lipinski definition) is 5. The van der Waals surface area contributed by atoms with Crippen LogP contribution >= 0.6 is 60.2 Å². The van der Waals surface area contributed by atoms with Crippen LogP contribution < -0.4 is 26.6 Å². The number of benzene rings is 3. The van der Waals surface area contributed by atoms with Crippen LogP contribution in [0.2, 0.25) is 0 Å². The molecule has 5 aliphatic rings. The minimum atomic E-state index is 0. The second kappa shape index (κ2) is 13.8. The molecule has 9 rings (SSSR count). The van der Waals surface area contributed by atoms with E-state index in [1.807, 2.05) is 0 Å². The van der Waals surface area contributed by atoms with E-state index < -0.39 is 0 Å². The zero-order valence-electron chi connectivity index (χ0n) is 23.9. The van der Waals surface area contributed by atoms with Crippen molar-refractivity contribution >= 4 is 82.5 Å². The molecule has 0 aliphatic carbocycles. The lowest BCUT2D eigenvalue weighted by atomic mass is 9.91. The Bertz CT molecular complexity index is 1520. The summed E-state index contributed by atoms with van der Waals surface area (Å²) in [6.07, 6.45) is 3.56. The highest BCUT2D eigenvalue weighted by molar-refractivity contribution is 9.11. The molecule has 4 aromatic rings. The van der Waals surface area contributed by atoms with Gasteiger partial charge in [0.2, 0.25) is 0 Å². The van der Waals surface area contributed by atoms with Gasteiger partial charge in [0.05, 0.1) is 16.9 Å². The first-order chi connectivity index (χ1) is 20.6. The van der Waals surface area contributed by atoms with Crippen LogP contribution in [-0.2, 0) is 13.0 Å². The van der Waals surface area contributed by atoms with Gasteiger partial charge >= 0.3 is 0 Å². The van der Waals surface area contributed by atoms with Gasteiger partial charge in [-0.3, -0.25) is 0 Å². The van der Waals surface area contributed by atoms with E-state index in [-0.39, 0.29) is 12.4 Å². The molecule has 1 aromatic heterocycles. The van der Waals surface area contributed by atoms with Crippen LogP contribution in [0.25, 0.3) is 10.9 Å². The maximum absolute atomic E-state index is 3.62. The third-order valence-corrected chi connectivity index (χ3v) is 11.3. The molecule has 0 bridgehead atoms. The van der Waals surface area contributed by atoms with Crippen LogP contribution in [0.4, 0.5) is 11.4 Å². The van der Waals surface area contributed by atoms with Gasteiger partial charge in [0.25, 0.3) is 0 Å². The van der Waals surface area contributed by atoms with Crippen LogP contribution in [0.5, 0.6) is 0 Å². The fourth-order valence-corrected chi connectivity index (χ4v) is 8.68. The van der Waals surface area contributed by atoms with Crippen molar-refractivity contribution in [2.24, 2.45) is 0 Å². The highest BCUT2D eigenvalue weighted by Gasteiger charge is 2.35. The standard InChI is InChI=1S/2C11H13BrN2.C11H11BrN2.ClH/c3*12-9-3-1-2-7-8-6-13-5-4-10(8)14-11(7)9;/h2*1-3,8,10,13-14H,4-6H2;1-3,13-14H,4-6H2;1H/t2*8-,10-;;/m00../s1. The predicted molar refractivity (Wildman–Crippen MR) is 192 cm³/mol. The van der Waals surface area contributed by atoms with Crippen molar-refractivity contribution in [3.05, 3.63) is 90.4 Å². The van der Waals surface area contributed by atoms with Crippen LogP contribution in [-0.4, -0.2) is 49.8 Å². The summed E-state index contributed by atoms with van der Waals surface area (Å²) >= 11 is 10.8. The normalized spacial score (nSPS) is 24.2. The number of halogens is 4. The van der Waals surface area contributed by atoms with Gasteiger partial charge in [-0.1, -0.05) is 36.4 Å². The lowest BCUT2D eigenvalue weighted by Gasteiger charge is -2.26. The van der Waals surface area contributed by atoms with Crippen molar-refractivity contribution in [3.8, 4) is 0 Å². The Morgan fingerprint density at radius 2 is 1.19 bits per heavy atom. The maximum atomic E-state index is 3.62. The highest BCUT2D eigenvalue weighted by atomic mass is 79.9. The molecule has 0 saturated carbocycles. The largest absolute Gasteiger partial charge is 0.380 e. The SMILES string of the molecule is Brc1cccc2c1N[C@H]1CCNC[C@@H]21.Brc1cccc2c1N[C@H]1CCNC[C@@H]21.Brc1cccc2c3c([nH]c12)CCNC3.Cl. The molecule has 3 aromatic carbocycles. The van der Waals surface area contributed by atoms with Gasteiger partial charge in [-0.2, -0.15) is 0 Å². The molecule has 0 amide bonds. The smallest absolute Gasteiger partial charge is 0.0603 e. The molecule has 0 spiro atoms. The fraction of sp³-hybridized carbons (Fsp3) is 0.394. The van der Waals surface area contributed by atoms with Crippen LogP contribution in [0.3, 0.4) is 0 Å². The summed E-state index contributed by atoms with van der Waals surface area (Å²) in [5, 5.41) is 18.9. The Hall–Kier alpha value is -1.59. The monoisotopic (exact) mass is 790 g/mol. The predicted octanol–water partition coefficient (Wildman–Crippen LogP) is 7.64. The summed E-state index contributed by atoms with van der Waals surface area (Å²) in [7, 11) is 0. The van der Waals surface area contributed by atoms with Gasteiger partial charge in [-0.25, -0.2) is 0 Å². The Kier molecular flexibility index (Phi) is 10.1. The number of hydrogen-bond donors (Lipinski definition) is 6. The number of piperidine rings is 2. The van der Waals surface area contributed by atoms with Gasteiger partial charge in [0, 0.05) is 81.0 Å². The van der Waals surface area contributed by atoms with Crippen LogP contribution in [0.15, 0.2) is 68.0 Å². The number of anilines is 2. The van der Waals surface area contributed by atoms with E-state index in [4.69, 9.17) is 0 Å². The number of fused-ring (bicyclic) bond motifs is 9. The Balaban J connectivity index is 0.000000113. The molecule has 6 heterocycles. The maximum Gasteiger partial charge on any atom is 0.0603 e. The molecule has 0 unspecified atom stereocenters. The van der Waals surface area contributed by atoms with Gasteiger partial charge in [0.15, 0.2) is 0 Å². The first-order valence-corrected chi connectivity index (χ1v) is 17.5. The van der Waals surface area contributed by atoms with Gasteiger partial charge in [-0.05, 0) is 109 Å². The van der Waals surface area contributed by atoms with Crippen molar-refractivity contribution in [2.45, 2.75) is 49.7 Å². The number of para-hydroxylation sites is 3. The minimum absolute atomic E-state index is 0. The third-order valence-electron chi connectivity index (χ3n) is 9.35. The lowest BCUT2D eigenvalue weighted by molar-refractivity contribution is 0.440. The van der Waals surface area contributed by atoms with Gasteiger partial charge in [-0.15, -0.1) is 12.4 Å². The molecule has 0 radical (unpaired) electrons. The number of aromatic nitrogens is 1. The minimum Gasteiger partial charge on any atom is -0.380 e. The summed E-state index contributed by atoms with van der Waals surface area (Å²) < 4.78 is 3.55. The molecule has 2 saturated heterocycles. The summed E-state index contributed by atoms with van der Waals surface area (Å²) in [5.41, 5.74) is 9.63. The Morgan fingerprint density at radius 3 is 1.79 bits per heavy atom. The van der Waals surface area contributed by atoms with E-state index in [1.54, 1.807) is 0 Å². The molecular formula is C33H38Br3ClN6. The number of H-pyrrole nitrogens is 1. The van der Waals surface area contributed by atoms with Crippen molar-refractivity contribution in [2.75, 3.05) is 43.4 Å². The first kappa shape index (κ1) is 31.4. The van der Waals surface area contributed by atoms with Crippen LogP contribution in [0, 0.1) is 0 Å². The van der Waals surface area contributed by atoms with Gasteiger partial charge < -0.3 is 31.6 Å². The second-order valence-electron chi connectivity index (χ2n) is 11.8. The second-order valence-corrected chi connectivity index (χ2v) is 14.3. The number of aromatic amines is 1. The summed E-state index contributed by atoms with van der Waals surface area (Å²) in [6, 6.07) is 20.6. The number of nitrogens with one attached hydrogen (secondary N) is 6. The molecule has 6 N–H and O–H groups in total. The van der Waals surface area contributed by atoms with E-state index in [0.29, 0.717) is 23.9 Å². The lowest BCUT2D eigenvalue weighted by Crippen LogP contribution is -2.38. The molecule has 228 valence electrons. The summed E-state index contributed by atoms with van der Waals surface area (Å²) in [5.74, 6) is 1.33. The molecule has 10 heteroatoms. The van der Waals surface area contributed by atoms with Crippen molar-refractivity contribution < 1.29 is 0 Å². The molecule has 43 heavy (non-hydrogen) atoms. The van der Waals surface area contributed by atoms with Crippen molar-refractivity contribution in [1.82, 2.24) is 20.9 Å². The van der Waals surface area contributed by atoms with E-state index in [1.165, 1.54) is 66.4 Å². The van der Waals surface area contributed by atoms with Crippen molar-refractivity contribution in [3.63, 3.8) is 0 Å². The Labute approximate surface area is 285 Å². The third kappa shape index (κ3) is 6.28.